The van der Waals surface area contributed by atoms with Crippen molar-refractivity contribution in [1.82, 2.24) is 25.8 Å². The summed E-state index contributed by atoms with van der Waals surface area (Å²) in [5.74, 6) is -1.57. The van der Waals surface area contributed by atoms with Crippen molar-refractivity contribution in [3.8, 4) is 16.2 Å². The van der Waals surface area contributed by atoms with Gasteiger partial charge in [-0.05, 0) is 90.8 Å². The van der Waals surface area contributed by atoms with E-state index < -0.39 is 53.5 Å². The molecule has 69 heavy (non-hydrogen) atoms. The summed E-state index contributed by atoms with van der Waals surface area (Å²) in [4.78, 5) is 88.4. The van der Waals surface area contributed by atoms with Crippen LogP contribution in [0.5, 0.6) is 5.75 Å². The van der Waals surface area contributed by atoms with Crippen LogP contribution in [0.3, 0.4) is 0 Å². The van der Waals surface area contributed by atoms with Crippen LogP contribution in [0.25, 0.3) is 10.4 Å². The Labute approximate surface area is 407 Å². The maximum Gasteiger partial charge on any atom is 0.246 e. The maximum absolute atomic E-state index is 14.1. The Morgan fingerprint density at radius 3 is 2.41 bits per heavy atom. The van der Waals surface area contributed by atoms with Gasteiger partial charge in [-0.1, -0.05) is 81.8 Å². The third kappa shape index (κ3) is 12.7. The molecular formula is C52H66N8O8S. The van der Waals surface area contributed by atoms with Crippen LogP contribution < -0.4 is 37.1 Å². The molecule has 3 aliphatic rings. The van der Waals surface area contributed by atoms with Gasteiger partial charge in [0, 0.05) is 38.8 Å². The van der Waals surface area contributed by atoms with E-state index >= 15 is 0 Å². The fraction of sp³-hybridized carbons (Fsp3) is 0.481. The summed E-state index contributed by atoms with van der Waals surface area (Å²) < 4.78 is 6.17. The summed E-state index contributed by atoms with van der Waals surface area (Å²) in [5.41, 5.74) is 19.5. The zero-order valence-corrected chi connectivity index (χ0v) is 40.8. The van der Waals surface area contributed by atoms with Crippen LogP contribution in [0.2, 0.25) is 0 Å². The molecule has 8 N–H and O–H groups in total. The monoisotopic (exact) mass is 962 g/mol. The van der Waals surface area contributed by atoms with Gasteiger partial charge in [-0.2, -0.15) is 0 Å². The zero-order valence-electron chi connectivity index (χ0n) is 40.0. The van der Waals surface area contributed by atoms with Gasteiger partial charge in [-0.3, -0.25) is 33.7 Å². The zero-order chi connectivity index (χ0) is 49.4. The van der Waals surface area contributed by atoms with Crippen molar-refractivity contribution in [2.24, 2.45) is 16.9 Å². The molecule has 0 saturated carbocycles. The van der Waals surface area contributed by atoms with Crippen LogP contribution in [0, 0.1) is 12.3 Å². The van der Waals surface area contributed by atoms with E-state index in [2.05, 4.69) is 20.9 Å². The van der Waals surface area contributed by atoms with E-state index in [-0.39, 0.29) is 69.0 Å². The van der Waals surface area contributed by atoms with E-state index in [0.29, 0.717) is 31.4 Å². The molecule has 0 unspecified atom stereocenters. The summed E-state index contributed by atoms with van der Waals surface area (Å²) in [5, 5.41) is 19.6. The smallest absolute Gasteiger partial charge is 0.246 e. The first-order valence-electron chi connectivity index (χ1n) is 24.0. The van der Waals surface area contributed by atoms with Gasteiger partial charge in [0.15, 0.2) is 0 Å². The Morgan fingerprint density at radius 2 is 1.68 bits per heavy atom. The highest BCUT2D eigenvalue weighted by Crippen LogP contribution is 2.39. The van der Waals surface area contributed by atoms with Crippen molar-refractivity contribution in [3.63, 3.8) is 0 Å². The summed E-state index contributed by atoms with van der Waals surface area (Å²) in [6, 6.07) is 17.5. The normalized spacial score (nSPS) is 19.6. The fourth-order valence-corrected chi connectivity index (χ4v) is 10.3. The minimum absolute atomic E-state index is 0.00434. The van der Waals surface area contributed by atoms with E-state index in [0.717, 1.165) is 63.3 Å². The molecule has 6 atom stereocenters. The van der Waals surface area contributed by atoms with Crippen LogP contribution in [0.4, 0.5) is 5.69 Å². The van der Waals surface area contributed by atoms with Crippen molar-refractivity contribution < 1.29 is 38.6 Å². The summed E-state index contributed by atoms with van der Waals surface area (Å²) >= 11 is 1.57. The van der Waals surface area contributed by atoms with Gasteiger partial charge in [0.05, 0.1) is 40.0 Å². The lowest BCUT2D eigenvalue weighted by Crippen LogP contribution is -2.57. The number of benzene rings is 3. The number of aliphatic hydroxyl groups excluding tert-OH is 1. The number of hydrogen-bond acceptors (Lipinski definition) is 11. The van der Waals surface area contributed by atoms with Gasteiger partial charge in [0.1, 0.15) is 30.5 Å². The van der Waals surface area contributed by atoms with Crippen LogP contribution in [0.15, 0.2) is 72.2 Å². The number of carbonyl (C=O) groups is 6. The average molecular weight is 963 g/mol. The Hall–Kier alpha value is -6.17. The second-order valence-corrected chi connectivity index (χ2v) is 20.5. The largest absolute Gasteiger partial charge is 0.491 e. The molecule has 0 aliphatic carbocycles. The summed E-state index contributed by atoms with van der Waals surface area (Å²) in [6.07, 6.45) is 4.10. The van der Waals surface area contributed by atoms with Crippen LogP contribution in [0.1, 0.15) is 100 Å². The highest BCUT2D eigenvalue weighted by Gasteiger charge is 2.45. The number of nitrogens with zero attached hydrogens (tertiary/aromatic N) is 3. The molecule has 17 heteroatoms. The van der Waals surface area contributed by atoms with Crippen LogP contribution in [-0.4, -0.2) is 99.9 Å². The maximum atomic E-state index is 14.1. The lowest BCUT2D eigenvalue weighted by atomic mass is 9.85. The first-order valence-corrected chi connectivity index (χ1v) is 24.9. The van der Waals surface area contributed by atoms with Crippen LogP contribution in [-0.2, 0) is 54.6 Å². The highest BCUT2D eigenvalue weighted by atomic mass is 32.1. The second kappa shape index (κ2) is 22.5. The van der Waals surface area contributed by atoms with Gasteiger partial charge >= 0.3 is 0 Å². The number of nitrogens with one attached hydrogen (secondary N) is 3. The first kappa shape index (κ1) is 50.7. The number of rotatable bonds is 20. The minimum Gasteiger partial charge on any atom is -0.491 e. The van der Waals surface area contributed by atoms with Gasteiger partial charge in [0.25, 0.3) is 0 Å². The Balaban J connectivity index is 0.864. The molecule has 4 aromatic rings. The molecule has 1 fully saturated rings. The lowest BCUT2D eigenvalue weighted by Gasteiger charge is -2.35. The molecule has 6 amide bonds. The topological polar surface area (TPSA) is 239 Å². The number of likely N-dealkylation sites (tertiary alicyclic amines) is 1. The molecule has 0 bridgehead atoms. The molecule has 0 radical (unpaired) electrons. The van der Waals surface area contributed by atoms with E-state index in [1.54, 1.807) is 16.2 Å². The third-order valence-electron chi connectivity index (χ3n) is 13.3. The van der Waals surface area contributed by atoms with Gasteiger partial charge < -0.3 is 42.2 Å². The number of ether oxygens (including phenoxy) is 1. The number of para-hydroxylation sites is 1. The number of anilines is 1. The number of aliphatic hydroxyl groups is 1. The average Bonchev–Trinajstić information content (AvgIpc) is 4.03. The van der Waals surface area contributed by atoms with E-state index in [1.165, 1.54) is 4.90 Å². The lowest BCUT2D eigenvalue weighted by molar-refractivity contribution is -0.144. The highest BCUT2D eigenvalue weighted by molar-refractivity contribution is 7.13. The number of β-amino-alcohol motifs (C(OH)–C–C–N with tert-alkyl or cyclic N) is 1. The minimum atomic E-state index is -0.912. The van der Waals surface area contributed by atoms with Gasteiger partial charge in [-0.25, -0.2) is 4.98 Å². The van der Waals surface area contributed by atoms with Crippen molar-refractivity contribution in [3.05, 3.63) is 100 Å². The van der Waals surface area contributed by atoms with Gasteiger partial charge in [-0.15, -0.1) is 11.3 Å². The number of hydrogen-bond donors (Lipinski definition) is 6. The Bertz CT molecular complexity index is 2510. The molecule has 7 rings (SSSR count). The number of unbranched alkanes of at least 4 members (excludes halogenated alkanes) is 2. The number of carbonyl (C=O) groups excluding carboxylic acids is 6. The number of aromatic nitrogens is 1. The molecule has 3 aromatic carbocycles. The molecule has 1 saturated heterocycles. The third-order valence-corrected chi connectivity index (χ3v) is 14.2. The van der Waals surface area contributed by atoms with Crippen LogP contribution >= 0.6 is 11.3 Å². The quantitative estimate of drug-likeness (QED) is 0.0683. The Kier molecular flexibility index (Phi) is 16.5. The summed E-state index contributed by atoms with van der Waals surface area (Å²) in [6.45, 7) is 7.88. The number of primary amides is 1. The van der Waals surface area contributed by atoms with E-state index in [4.69, 9.17) is 16.2 Å². The predicted octanol–water partition coefficient (Wildman–Crippen LogP) is 4.39. The standard InChI is InChI=1S/C52H66N8O8S/c1-31-46(69-30-56-31)35-18-16-33(17-19-35)27-55-48(64)41-26-38(61)28-59(41)51(67)47(52(2,3)4)58-44(63)15-7-5-6-10-32-11-8-14-39(24-32)68-29-37(21-23-43(54)62)57-49(65)42-25-36-13-9-12-34-20-22-40(53)50(66)60(42)45(34)36/h8-9,11-14,16-19,24,30,37-38,40-42,47,61H,5-7,10,15,20-23,25-29,53H2,1-4H3,(H2,54,62)(H,55,64)(H,57,65)(H,58,63)/t37-,38+,40-,41-,42-,47+/m0/s1. The molecule has 0 spiro atoms. The molecule has 4 heterocycles. The van der Waals surface area contributed by atoms with E-state index in [1.807, 2.05) is 99.9 Å². The number of nitrogens with two attached hydrogens (primary N) is 2. The molecule has 368 valence electrons. The molecule has 3 aliphatic heterocycles. The first-order chi connectivity index (χ1) is 33.0. The SMILES string of the molecule is Cc1ncsc1-c1ccc(CNC(=O)[C@@H]2C[C@@H](O)CN2C(=O)[C@@H](NC(=O)CCCCCc2cccc(OC[C@H](CCC(N)=O)NC(=O)[C@@H]3Cc4cccc5c4N3C(=O)[C@@H](N)CC5)c2)C(C)(C)C)cc1. The van der Waals surface area contributed by atoms with E-state index in [9.17, 15) is 33.9 Å². The van der Waals surface area contributed by atoms with Crippen molar-refractivity contribution in [2.45, 2.75) is 141 Å². The second-order valence-electron chi connectivity index (χ2n) is 19.7. The Morgan fingerprint density at radius 1 is 0.928 bits per heavy atom. The van der Waals surface area contributed by atoms with Crippen molar-refractivity contribution >= 4 is 52.5 Å². The molecule has 16 nitrogen and oxygen atoms in total. The fourth-order valence-electron chi connectivity index (χ4n) is 9.47. The number of aryl methyl sites for hydroxylation is 3. The number of amides is 6. The summed E-state index contributed by atoms with van der Waals surface area (Å²) in [7, 11) is 0. The van der Waals surface area contributed by atoms with Crippen molar-refractivity contribution in [1.29, 1.82) is 0 Å². The molecule has 1 aromatic heterocycles. The predicted molar refractivity (Wildman–Crippen MR) is 264 cm³/mol. The van der Waals surface area contributed by atoms with Gasteiger partial charge in [0.2, 0.25) is 35.4 Å². The van der Waals surface area contributed by atoms with Crippen molar-refractivity contribution in [2.75, 3.05) is 18.1 Å². The molecular weight excluding hydrogens is 897 g/mol. The number of thiazole rings is 1.